The Bertz CT molecular complexity index is 512. The zero-order valence-electron chi connectivity index (χ0n) is 16.6. The van der Waals surface area contributed by atoms with E-state index in [1.54, 1.807) is 0 Å². The predicted molar refractivity (Wildman–Crippen MR) is 110 cm³/mol. The number of likely N-dealkylation sites (tertiary alicyclic amines) is 1. The number of benzene rings is 1. The van der Waals surface area contributed by atoms with Gasteiger partial charge in [-0.25, -0.2) is 0 Å². The number of hydrogen-bond acceptors (Lipinski definition) is 1. The summed E-state index contributed by atoms with van der Waals surface area (Å²) in [4.78, 5) is 0. The third-order valence-electron chi connectivity index (χ3n) is 7.26. The summed E-state index contributed by atoms with van der Waals surface area (Å²) >= 11 is 0. The van der Waals surface area contributed by atoms with Crippen LogP contribution in [0.4, 0.5) is 0 Å². The largest absolute Gasteiger partial charge is 1.00 e. The van der Waals surface area contributed by atoms with Gasteiger partial charge >= 0.3 is 0 Å². The number of hydrogen-bond donors (Lipinski definition) is 1. The van der Waals surface area contributed by atoms with Crippen molar-refractivity contribution in [2.45, 2.75) is 69.4 Å². The number of quaternary nitrogens is 1. The van der Waals surface area contributed by atoms with E-state index in [1.807, 2.05) is 0 Å². The van der Waals surface area contributed by atoms with Crippen LogP contribution in [0, 0.1) is 0 Å². The summed E-state index contributed by atoms with van der Waals surface area (Å²) in [6.45, 7) is 3.96. The van der Waals surface area contributed by atoms with Crippen LogP contribution in [-0.2, 0) is 0 Å². The fourth-order valence-electron chi connectivity index (χ4n) is 5.45. The number of aliphatic hydroxyl groups is 1. The zero-order valence-corrected chi connectivity index (χ0v) is 19.8. The topological polar surface area (TPSA) is 20.2 Å². The van der Waals surface area contributed by atoms with Crippen LogP contribution in [-0.4, -0.2) is 50.6 Å². The van der Waals surface area contributed by atoms with Crippen LogP contribution >= 0.6 is 0 Å². The Kier molecular flexibility index (Phi) is 9.11. The van der Waals surface area contributed by atoms with Crippen LogP contribution < -0.4 is 29.2 Å². The van der Waals surface area contributed by atoms with Crippen LogP contribution in [0.15, 0.2) is 30.3 Å². The molecule has 1 atom stereocenters. The Labute approximate surface area is 179 Å². The molecule has 1 N–H and O–H groups in total. The molecule has 2 aliphatic rings. The second-order valence-corrected chi connectivity index (χ2v) is 13.5. The third-order valence-corrected chi connectivity index (χ3v) is 12.6. The molecule has 4 heteroatoms. The van der Waals surface area contributed by atoms with Gasteiger partial charge in [-0.3, -0.25) is 0 Å². The second kappa shape index (κ2) is 10.6. The first-order valence-corrected chi connectivity index (χ1v) is 13.2. The Morgan fingerprint density at radius 1 is 0.923 bits per heavy atom. The highest BCUT2D eigenvalue weighted by Gasteiger charge is 2.44. The second-order valence-electron chi connectivity index (χ2n) is 8.97. The number of halogens is 1. The Morgan fingerprint density at radius 3 is 2.08 bits per heavy atom. The van der Waals surface area contributed by atoms with Crippen molar-refractivity contribution in [3.63, 3.8) is 0 Å². The van der Waals surface area contributed by atoms with Crippen molar-refractivity contribution in [3.8, 4) is 0 Å². The molecule has 1 saturated heterocycles. The average Bonchev–Trinajstić information content (AvgIpc) is 2.89. The predicted octanol–water partition coefficient (Wildman–Crippen LogP) is 1.23. The van der Waals surface area contributed by atoms with Gasteiger partial charge in [0.05, 0.1) is 26.7 Å². The monoisotopic (exact) mass is 487 g/mol. The summed E-state index contributed by atoms with van der Waals surface area (Å²) in [6, 6.07) is 12.5. The average molecular weight is 488 g/mol. The first-order valence-electron chi connectivity index (χ1n) is 10.7. The minimum Gasteiger partial charge on any atom is -1.00 e. The Morgan fingerprint density at radius 2 is 1.50 bits per heavy atom. The summed E-state index contributed by atoms with van der Waals surface area (Å²) < 4.78 is 1.24. The van der Waals surface area contributed by atoms with Gasteiger partial charge in [-0.2, -0.15) is 0 Å². The first-order chi connectivity index (χ1) is 12.2. The molecule has 0 bridgehead atoms. The molecule has 3 rings (SSSR count). The molecule has 2 nitrogen and oxygen atoms in total. The van der Waals surface area contributed by atoms with E-state index in [9.17, 15) is 5.11 Å². The van der Waals surface area contributed by atoms with E-state index in [2.05, 4.69) is 37.4 Å². The molecular formula is C22H38INOSi. The molecular weight excluding hydrogens is 449 g/mol. The van der Waals surface area contributed by atoms with Gasteiger partial charge in [-0.05, 0) is 37.3 Å². The van der Waals surface area contributed by atoms with Gasteiger partial charge in [0.2, 0.25) is 0 Å². The molecule has 1 aliphatic carbocycles. The third kappa shape index (κ3) is 5.33. The molecule has 1 heterocycles. The van der Waals surface area contributed by atoms with Crippen molar-refractivity contribution < 1.29 is 33.6 Å². The summed E-state index contributed by atoms with van der Waals surface area (Å²) in [6.07, 6.45) is 12.9. The highest BCUT2D eigenvalue weighted by atomic mass is 127. The van der Waals surface area contributed by atoms with E-state index in [1.165, 1.54) is 93.1 Å². The number of aliphatic hydroxyl groups excluding tert-OH is 1. The van der Waals surface area contributed by atoms with E-state index >= 15 is 0 Å². The summed E-state index contributed by atoms with van der Waals surface area (Å²) in [7, 11) is 0.628. The highest BCUT2D eigenvalue weighted by molar-refractivity contribution is 6.93. The molecule has 0 spiro atoms. The van der Waals surface area contributed by atoms with Crippen LogP contribution in [0.1, 0.15) is 57.8 Å². The molecule has 2 fully saturated rings. The number of rotatable bonds is 6. The van der Waals surface area contributed by atoms with E-state index in [0.29, 0.717) is 6.23 Å². The van der Waals surface area contributed by atoms with Crippen molar-refractivity contribution in [1.29, 1.82) is 0 Å². The van der Waals surface area contributed by atoms with E-state index in [-0.39, 0.29) is 24.0 Å². The lowest BCUT2D eigenvalue weighted by Gasteiger charge is -2.43. The molecule has 1 aromatic rings. The molecule has 148 valence electrons. The van der Waals surface area contributed by atoms with Gasteiger partial charge in [-0.1, -0.05) is 67.6 Å². The van der Waals surface area contributed by atoms with Crippen molar-refractivity contribution in [2.24, 2.45) is 0 Å². The van der Waals surface area contributed by atoms with Crippen LogP contribution in [0.2, 0.25) is 11.6 Å². The first kappa shape index (κ1) is 22.4. The van der Waals surface area contributed by atoms with E-state index < -0.39 is 8.07 Å². The van der Waals surface area contributed by atoms with Crippen molar-refractivity contribution >= 4 is 13.3 Å². The lowest BCUT2D eigenvalue weighted by Crippen LogP contribution is -3.00. The summed E-state index contributed by atoms with van der Waals surface area (Å²) in [5.74, 6) is 0. The van der Waals surface area contributed by atoms with Crippen LogP contribution in [0.25, 0.3) is 0 Å². The zero-order chi connectivity index (χ0) is 17.6. The standard InChI is InChI=1S/C22H38NOSi.HI/c1-23(16-10-2-3-11-17-23)18-19-25(20-24,21-12-6-4-7-13-21)22-14-8-5-9-15-22;/h4,6-7,12-13,22,24H,2-3,5,8-11,14-20H2,1H3;1H/q+1;/p-1/t25-;/m1./s1. The maximum atomic E-state index is 10.7. The van der Waals surface area contributed by atoms with Crippen LogP contribution in [0.3, 0.4) is 0 Å². The van der Waals surface area contributed by atoms with Crippen molar-refractivity contribution in [2.75, 3.05) is 32.9 Å². The molecule has 0 amide bonds. The van der Waals surface area contributed by atoms with Gasteiger partial charge in [0.15, 0.2) is 0 Å². The lowest BCUT2D eigenvalue weighted by atomic mass is 10.0. The minimum absolute atomic E-state index is 0. The van der Waals surface area contributed by atoms with Gasteiger partial charge in [0, 0.05) is 6.23 Å². The molecule has 1 aliphatic heterocycles. The molecule has 1 aromatic carbocycles. The smallest absolute Gasteiger partial charge is 0.123 e. The molecule has 26 heavy (non-hydrogen) atoms. The lowest BCUT2D eigenvalue weighted by molar-refractivity contribution is -0.907. The Balaban J connectivity index is 0.00000243. The number of nitrogens with zero attached hydrogens (tertiary/aromatic N) is 1. The maximum Gasteiger partial charge on any atom is 0.123 e. The van der Waals surface area contributed by atoms with Gasteiger partial charge in [-0.15, -0.1) is 0 Å². The van der Waals surface area contributed by atoms with E-state index in [0.717, 1.165) is 5.54 Å². The van der Waals surface area contributed by atoms with Gasteiger partial charge in [0.25, 0.3) is 0 Å². The normalized spacial score (nSPS) is 23.5. The minimum atomic E-state index is -1.85. The van der Waals surface area contributed by atoms with Crippen molar-refractivity contribution in [1.82, 2.24) is 0 Å². The molecule has 0 radical (unpaired) electrons. The SMILES string of the molecule is C[N+]1(CC[Si@@](CO)(c2ccccc2)C2CCCCC2)CCCCCC1.[I-]. The van der Waals surface area contributed by atoms with Gasteiger partial charge in [0.1, 0.15) is 8.07 Å². The molecule has 1 saturated carbocycles. The van der Waals surface area contributed by atoms with Gasteiger partial charge < -0.3 is 33.6 Å². The fourth-order valence-corrected chi connectivity index (χ4v) is 10.5. The quantitative estimate of drug-likeness (QED) is 0.364. The molecule has 0 aromatic heterocycles. The fraction of sp³-hybridized carbons (Fsp3) is 0.727. The molecule has 0 unspecified atom stereocenters. The van der Waals surface area contributed by atoms with Crippen LogP contribution in [0.5, 0.6) is 0 Å². The van der Waals surface area contributed by atoms with E-state index in [4.69, 9.17) is 0 Å². The highest BCUT2D eigenvalue weighted by Crippen LogP contribution is 2.39. The summed E-state index contributed by atoms with van der Waals surface area (Å²) in [5, 5.41) is 12.2. The Hall–Kier alpha value is 0.0869. The van der Waals surface area contributed by atoms with Crippen molar-refractivity contribution in [3.05, 3.63) is 30.3 Å². The maximum absolute atomic E-state index is 10.7. The summed E-state index contributed by atoms with van der Waals surface area (Å²) in [5.41, 5.74) is 0.784.